The highest BCUT2D eigenvalue weighted by Gasteiger charge is 2.29. The molecule has 1 aromatic rings. The molecule has 0 bridgehead atoms. The maximum absolute atomic E-state index is 13.9. The van der Waals surface area contributed by atoms with Gasteiger partial charge in [0.2, 0.25) is 0 Å². The minimum absolute atomic E-state index is 0.176. The van der Waals surface area contributed by atoms with E-state index in [0.717, 1.165) is 19.1 Å². The van der Waals surface area contributed by atoms with Gasteiger partial charge in [-0.05, 0) is 33.5 Å². The Kier molecular flexibility index (Phi) is 5.07. The average Bonchev–Trinajstić information content (AvgIpc) is 2.85. The summed E-state index contributed by atoms with van der Waals surface area (Å²) in [6.07, 6.45) is 1.15. The van der Waals surface area contributed by atoms with Gasteiger partial charge in [0.1, 0.15) is 0 Å². The predicted molar refractivity (Wildman–Crippen MR) is 74.6 cm³/mol. The first-order chi connectivity index (χ1) is 9.54. The summed E-state index contributed by atoms with van der Waals surface area (Å²) in [5.74, 6) is -1.57. The van der Waals surface area contributed by atoms with E-state index in [1.807, 2.05) is 14.0 Å². The zero-order chi connectivity index (χ0) is 14.7. The van der Waals surface area contributed by atoms with E-state index >= 15 is 0 Å². The molecule has 112 valence electrons. The Morgan fingerprint density at radius 3 is 2.80 bits per heavy atom. The van der Waals surface area contributed by atoms with Gasteiger partial charge >= 0.3 is 0 Å². The van der Waals surface area contributed by atoms with Gasteiger partial charge < -0.3 is 10.1 Å². The highest BCUT2D eigenvalue weighted by atomic mass is 19.2. The zero-order valence-electron chi connectivity index (χ0n) is 12.2. The van der Waals surface area contributed by atoms with Crippen molar-refractivity contribution in [3.8, 4) is 0 Å². The number of halogens is 2. The average molecular weight is 284 g/mol. The Morgan fingerprint density at radius 2 is 2.20 bits per heavy atom. The number of hydrogen-bond acceptors (Lipinski definition) is 3. The topological polar surface area (TPSA) is 24.5 Å². The monoisotopic (exact) mass is 284 g/mol. The zero-order valence-corrected chi connectivity index (χ0v) is 12.2. The molecule has 3 nitrogen and oxygen atoms in total. The van der Waals surface area contributed by atoms with Crippen LogP contribution in [0.3, 0.4) is 0 Å². The van der Waals surface area contributed by atoms with Crippen molar-refractivity contribution in [1.82, 2.24) is 10.2 Å². The lowest BCUT2D eigenvalue weighted by molar-refractivity contribution is 0.0804. The van der Waals surface area contributed by atoms with E-state index in [1.165, 1.54) is 0 Å². The summed E-state index contributed by atoms with van der Waals surface area (Å²) in [6.45, 7) is 3.41. The van der Waals surface area contributed by atoms with Crippen molar-refractivity contribution < 1.29 is 13.5 Å². The van der Waals surface area contributed by atoms with Crippen LogP contribution in [-0.2, 0) is 4.74 Å². The fourth-order valence-corrected chi connectivity index (χ4v) is 2.86. The molecule has 0 aromatic heterocycles. The second-order valence-corrected chi connectivity index (χ2v) is 5.36. The van der Waals surface area contributed by atoms with E-state index in [-0.39, 0.29) is 12.1 Å². The SMILES string of the molecule is CNC(CN(C)C1CCOC1C)c1cccc(F)c1F. The van der Waals surface area contributed by atoms with Crippen molar-refractivity contribution in [3.63, 3.8) is 0 Å². The molecule has 0 aliphatic carbocycles. The van der Waals surface area contributed by atoms with E-state index in [0.29, 0.717) is 18.2 Å². The number of likely N-dealkylation sites (N-methyl/N-ethyl adjacent to an activating group) is 2. The third-order valence-corrected chi connectivity index (χ3v) is 4.08. The van der Waals surface area contributed by atoms with Crippen LogP contribution in [0.1, 0.15) is 24.9 Å². The highest BCUT2D eigenvalue weighted by molar-refractivity contribution is 5.23. The van der Waals surface area contributed by atoms with E-state index in [9.17, 15) is 8.78 Å². The Morgan fingerprint density at radius 1 is 1.45 bits per heavy atom. The second-order valence-electron chi connectivity index (χ2n) is 5.36. The van der Waals surface area contributed by atoms with Gasteiger partial charge in [-0.25, -0.2) is 8.78 Å². The van der Waals surface area contributed by atoms with Crippen LogP contribution < -0.4 is 5.32 Å². The molecule has 0 radical (unpaired) electrons. The summed E-state index contributed by atoms with van der Waals surface area (Å²) in [5, 5.41) is 3.07. The Balaban J connectivity index is 2.10. The van der Waals surface area contributed by atoms with Gasteiger partial charge in [-0.1, -0.05) is 12.1 Å². The summed E-state index contributed by atoms with van der Waals surface area (Å²) in [7, 11) is 3.76. The van der Waals surface area contributed by atoms with Crippen molar-refractivity contribution in [2.75, 3.05) is 27.2 Å². The van der Waals surface area contributed by atoms with Crippen LogP contribution in [0, 0.1) is 11.6 Å². The molecule has 0 amide bonds. The summed E-state index contributed by atoms with van der Waals surface area (Å²) in [6, 6.07) is 4.38. The van der Waals surface area contributed by atoms with Crippen LogP contribution in [-0.4, -0.2) is 44.3 Å². The predicted octanol–water partition coefficient (Wildman–Crippen LogP) is 2.33. The van der Waals surface area contributed by atoms with Crippen LogP contribution in [0.25, 0.3) is 0 Å². The van der Waals surface area contributed by atoms with E-state index in [2.05, 4.69) is 10.2 Å². The molecule has 0 spiro atoms. The summed E-state index contributed by atoms with van der Waals surface area (Å²) in [5.41, 5.74) is 0.367. The van der Waals surface area contributed by atoms with E-state index in [1.54, 1.807) is 19.2 Å². The smallest absolute Gasteiger partial charge is 0.163 e. The third-order valence-electron chi connectivity index (χ3n) is 4.08. The number of ether oxygens (including phenoxy) is 1. The lowest BCUT2D eigenvalue weighted by Crippen LogP contribution is -2.41. The fraction of sp³-hybridized carbons (Fsp3) is 0.600. The molecule has 0 saturated carbocycles. The second kappa shape index (κ2) is 6.61. The van der Waals surface area contributed by atoms with Crippen molar-refractivity contribution in [1.29, 1.82) is 0 Å². The normalized spacial score (nSPS) is 24.3. The quantitative estimate of drug-likeness (QED) is 0.898. The first-order valence-electron chi connectivity index (χ1n) is 6.97. The van der Waals surface area contributed by atoms with Crippen LogP contribution in [0.5, 0.6) is 0 Å². The minimum atomic E-state index is -0.803. The van der Waals surface area contributed by atoms with Crippen LogP contribution in [0.4, 0.5) is 8.78 Å². The molecule has 1 aliphatic heterocycles. The van der Waals surface area contributed by atoms with Gasteiger partial charge in [-0.2, -0.15) is 0 Å². The number of benzene rings is 1. The molecule has 1 aliphatic rings. The van der Waals surface area contributed by atoms with Gasteiger partial charge in [0, 0.05) is 30.8 Å². The van der Waals surface area contributed by atoms with Crippen molar-refractivity contribution in [2.45, 2.75) is 31.5 Å². The largest absolute Gasteiger partial charge is 0.377 e. The first kappa shape index (κ1) is 15.4. The van der Waals surface area contributed by atoms with Gasteiger partial charge in [-0.3, -0.25) is 4.90 Å². The minimum Gasteiger partial charge on any atom is -0.377 e. The van der Waals surface area contributed by atoms with Gasteiger partial charge in [0.15, 0.2) is 11.6 Å². The number of hydrogen-bond donors (Lipinski definition) is 1. The lowest BCUT2D eigenvalue weighted by atomic mass is 10.0. The molecule has 2 rings (SSSR count). The third kappa shape index (κ3) is 3.16. The van der Waals surface area contributed by atoms with Crippen molar-refractivity contribution in [2.24, 2.45) is 0 Å². The molecule has 1 aromatic carbocycles. The number of rotatable bonds is 5. The molecule has 20 heavy (non-hydrogen) atoms. The summed E-state index contributed by atoms with van der Waals surface area (Å²) >= 11 is 0. The molecule has 1 fully saturated rings. The maximum Gasteiger partial charge on any atom is 0.163 e. The molecular weight excluding hydrogens is 262 g/mol. The molecule has 3 atom stereocenters. The molecule has 1 heterocycles. The van der Waals surface area contributed by atoms with Crippen molar-refractivity contribution >= 4 is 0 Å². The van der Waals surface area contributed by atoms with Crippen LogP contribution in [0.2, 0.25) is 0 Å². The molecule has 5 heteroatoms. The van der Waals surface area contributed by atoms with Gasteiger partial charge in [0.25, 0.3) is 0 Å². The first-order valence-corrected chi connectivity index (χ1v) is 6.97. The number of nitrogens with zero attached hydrogens (tertiary/aromatic N) is 1. The number of nitrogens with one attached hydrogen (secondary N) is 1. The molecule has 1 N–H and O–H groups in total. The Hall–Kier alpha value is -1.04. The lowest BCUT2D eigenvalue weighted by Gasteiger charge is -2.30. The van der Waals surface area contributed by atoms with E-state index in [4.69, 9.17) is 4.74 Å². The van der Waals surface area contributed by atoms with Crippen molar-refractivity contribution in [3.05, 3.63) is 35.4 Å². The molecule has 1 saturated heterocycles. The summed E-state index contributed by atoms with van der Waals surface area (Å²) in [4.78, 5) is 2.16. The molecule has 3 unspecified atom stereocenters. The standard InChI is InChI=1S/C15H22F2N2O/c1-10-14(7-8-20-10)19(3)9-13(18-2)11-5-4-6-12(16)15(11)17/h4-6,10,13-14,18H,7-9H2,1-3H3. The maximum atomic E-state index is 13.9. The van der Waals surface area contributed by atoms with Crippen LogP contribution in [0.15, 0.2) is 18.2 Å². The Bertz CT molecular complexity index is 455. The summed E-state index contributed by atoms with van der Waals surface area (Å²) < 4.78 is 32.8. The van der Waals surface area contributed by atoms with Crippen LogP contribution >= 0.6 is 0 Å². The van der Waals surface area contributed by atoms with E-state index < -0.39 is 11.6 Å². The van der Waals surface area contributed by atoms with Gasteiger partial charge in [0.05, 0.1) is 6.10 Å². The Labute approximate surface area is 118 Å². The fourth-order valence-electron chi connectivity index (χ4n) is 2.86. The highest BCUT2D eigenvalue weighted by Crippen LogP contribution is 2.23. The molecular formula is C15H22F2N2O. The van der Waals surface area contributed by atoms with Gasteiger partial charge in [-0.15, -0.1) is 0 Å².